The molecule has 1 heterocycles. The van der Waals surface area contributed by atoms with Crippen molar-refractivity contribution in [3.63, 3.8) is 0 Å². The molecule has 2 fully saturated rings. The second-order valence-corrected chi connectivity index (χ2v) is 6.26. The summed E-state index contributed by atoms with van der Waals surface area (Å²) < 4.78 is 5.57. The van der Waals surface area contributed by atoms with E-state index in [-0.39, 0.29) is 0 Å². The molecule has 0 radical (unpaired) electrons. The Labute approximate surface area is 121 Å². The molecule has 20 heavy (non-hydrogen) atoms. The Hall–Kier alpha value is -1.45. The van der Waals surface area contributed by atoms with E-state index in [0.717, 1.165) is 36.5 Å². The van der Waals surface area contributed by atoms with Crippen LogP contribution in [-0.4, -0.2) is 18.1 Å². The molecule has 1 aromatic rings. The number of anilines is 2. The molecule has 3 rings (SSSR count). The van der Waals surface area contributed by atoms with Gasteiger partial charge in [0.1, 0.15) is 5.82 Å². The Morgan fingerprint density at radius 1 is 1.35 bits per heavy atom. The topological polar surface area (TPSA) is 60.2 Å². The van der Waals surface area contributed by atoms with Gasteiger partial charge in [-0.3, -0.25) is 0 Å². The van der Waals surface area contributed by atoms with E-state index in [0.29, 0.717) is 18.2 Å². The molecule has 1 aromatic heterocycles. The monoisotopic (exact) mass is 275 g/mol. The lowest BCUT2D eigenvalue weighted by atomic mass is 9.89. The maximum absolute atomic E-state index is 5.88. The molecule has 2 bridgehead atoms. The summed E-state index contributed by atoms with van der Waals surface area (Å²) >= 11 is 0. The Kier molecular flexibility index (Phi) is 3.99. The van der Waals surface area contributed by atoms with Crippen LogP contribution in [0.25, 0.3) is 0 Å². The fraction of sp³-hybridized carbons (Fsp3) is 0.688. The van der Waals surface area contributed by atoms with Crippen molar-refractivity contribution in [1.29, 1.82) is 0 Å². The van der Waals surface area contributed by atoms with Gasteiger partial charge in [-0.15, -0.1) is 0 Å². The SMILES string of the molecule is CCCOc1nc(NCC2CC3CCC2C3)ccc1N. The van der Waals surface area contributed by atoms with Gasteiger partial charge in [0.2, 0.25) is 5.88 Å². The summed E-state index contributed by atoms with van der Waals surface area (Å²) in [6.45, 7) is 3.77. The maximum atomic E-state index is 5.88. The number of aromatic nitrogens is 1. The Morgan fingerprint density at radius 3 is 2.95 bits per heavy atom. The third-order valence-corrected chi connectivity index (χ3v) is 4.76. The van der Waals surface area contributed by atoms with Crippen LogP contribution in [0.3, 0.4) is 0 Å². The van der Waals surface area contributed by atoms with Crippen molar-refractivity contribution in [3.8, 4) is 5.88 Å². The molecule has 0 aromatic carbocycles. The Bertz CT molecular complexity index is 463. The molecule has 2 saturated carbocycles. The second kappa shape index (κ2) is 5.90. The summed E-state index contributed by atoms with van der Waals surface area (Å²) in [6.07, 6.45) is 6.69. The average molecular weight is 275 g/mol. The van der Waals surface area contributed by atoms with Crippen LogP contribution in [0.5, 0.6) is 5.88 Å². The number of fused-ring (bicyclic) bond motifs is 2. The third-order valence-electron chi connectivity index (χ3n) is 4.76. The van der Waals surface area contributed by atoms with Crippen LogP contribution in [0.15, 0.2) is 12.1 Å². The lowest BCUT2D eigenvalue weighted by molar-refractivity contribution is 0.307. The van der Waals surface area contributed by atoms with Gasteiger partial charge in [0.15, 0.2) is 0 Å². The lowest BCUT2D eigenvalue weighted by Gasteiger charge is -2.22. The predicted molar refractivity (Wildman–Crippen MR) is 81.9 cm³/mol. The summed E-state index contributed by atoms with van der Waals surface area (Å²) in [6, 6.07) is 3.82. The number of nitrogens with one attached hydrogen (secondary N) is 1. The lowest BCUT2D eigenvalue weighted by Crippen LogP contribution is -2.20. The molecular weight excluding hydrogens is 250 g/mol. The summed E-state index contributed by atoms with van der Waals surface area (Å²) in [7, 11) is 0. The summed E-state index contributed by atoms with van der Waals surface area (Å²) in [5.41, 5.74) is 6.50. The van der Waals surface area contributed by atoms with Gasteiger partial charge in [-0.25, -0.2) is 0 Å². The maximum Gasteiger partial charge on any atom is 0.239 e. The van der Waals surface area contributed by atoms with Crippen LogP contribution >= 0.6 is 0 Å². The number of nitrogens with two attached hydrogens (primary N) is 1. The first-order valence-corrected chi connectivity index (χ1v) is 7.89. The fourth-order valence-electron chi connectivity index (χ4n) is 3.73. The van der Waals surface area contributed by atoms with E-state index < -0.39 is 0 Å². The highest BCUT2D eigenvalue weighted by Crippen LogP contribution is 2.48. The van der Waals surface area contributed by atoms with Gasteiger partial charge >= 0.3 is 0 Å². The van der Waals surface area contributed by atoms with Crippen LogP contribution < -0.4 is 15.8 Å². The summed E-state index contributed by atoms with van der Waals surface area (Å²) in [4.78, 5) is 4.47. The highest BCUT2D eigenvalue weighted by Gasteiger charge is 2.39. The van der Waals surface area contributed by atoms with Crippen LogP contribution in [-0.2, 0) is 0 Å². The molecule has 3 atom stereocenters. The average Bonchev–Trinajstić information content (AvgIpc) is 3.07. The number of rotatable bonds is 6. The van der Waals surface area contributed by atoms with Gasteiger partial charge in [0.05, 0.1) is 12.3 Å². The van der Waals surface area contributed by atoms with Crippen molar-refractivity contribution in [3.05, 3.63) is 12.1 Å². The minimum absolute atomic E-state index is 0.560. The molecule has 3 unspecified atom stereocenters. The van der Waals surface area contributed by atoms with E-state index in [1.165, 1.54) is 25.7 Å². The molecule has 110 valence electrons. The van der Waals surface area contributed by atoms with E-state index in [1.807, 2.05) is 12.1 Å². The molecular formula is C16H25N3O. The Morgan fingerprint density at radius 2 is 2.25 bits per heavy atom. The first-order valence-electron chi connectivity index (χ1n) is 7.89. The first kappa shape index (κ1) is 13.5. The van der Waals surface area contributed by atoms with E-state index in [9.17, 15) is 0 Å². The predicted octanol–water partition coefficient (Wildman–Crippen LogP) is 3.30. The van der Waals surface area contributed by atoms with E-state index >= 15 is 0 Å². The van der Waals surface area contributed by atoms with Crippen molar-refractivity contribution in [2.45, 2.75) is 39.0 Å². The van der Waals surface area contributed by atoms with E-state index in [2.05, 4.69) is 17.2 Å². The number of hydrogen-bond acceptors (Lipinski definition) is 4. The van der Waals surface area contributed by atoms with Gasteiger partial charge in [-0.05, 0) is 55.6 Å². The molecule has 2 aliphatic carbocycles. The summed E-state index contributed by atoms with van der Waals surface area (Å²) in [5.74, 6) is 4.21. The van der Waals surface area contributed by atoms with Crippen LogP contribution in [0.4, 0.5) is 11.5 Å². The van der Waals surface area contributed by atoms with Crippen molar-refractivity contribution in [2.24, 2.45) is 17.8 Å². The van der Waals surface area contributed by atoms with Gasteiger partial charge in [-0.1, -0.05) is 13.3 Å². The molecule has 2 aliphatic rings. The highest BCUT2D eigenvalue weighted by molar-refractivity contribution is 5.53. The zero-order valence-electron chi connectivity index (χ0n) is 12.3. The number of nitrogens with zero attached hydrogens (tertiary/aromatic N) is 1. The van der Waals surface area contributed by atoms with Crippen LogP contribution in [0.2, 0.25) is 0 Å². The molecule has 0 amide bonds. The molecule has 0 saturated heterocycles. The van der Waals surface area contributed by atoms with E-state index in [4.69, 9.17) is 10.5 Å². The fourth-order valence-corrected chi connectivity index (χ4v) is 3.73. The van der Waals surface area contributed by atoms with Gasteiger partial charge in [-0.2, -0.15) is 4.98 Å². The zero-order valence-corrected chi connectivity index (χ0v) is 12.3. The Balaban J connectivity index is 1.57. The van der Waals surface area contributed by atoms with Crippen LogP contribution in [0, 0.1) is 17.8 Å². The van der Waals surface area contributed by atoms with Gasteiger partial charge in [0, 0.05) is 6.54 Å². The number of pyridine rings is 1. The molecule has 3 N–H and O–H groups in total. The standard InChI is InChI=1S/C16H25N3O/c1-2-7-20-16-14(17)5-6-15(19-16)18-10-13-9-11-3-4-12(13)8-11/h5-6,11-13H,2-4,7-10,17H2,1H3,(H,18,19). The van der Waals surface area contributed by atoms with Crippen molar-refractivity contribution >= 4 is 11.5 Å². The normalized spacial score (nSPS) is 27.8. The zero-order chi connectivity index (χ0) is 13.9. The first-order chi connectivity index (χ1) is 9.76. The minimum Gasteiger partial charge on any atom is -0.476 e. The second-order valence-electron chi connectivity index (χ2n) is 6.26. The van der Waals surface area contributed by atoms with Gasteiger partial charge < -0.3 is 15.8 Å². The van der Waals surface area contributed by atoms with Gasteiger partial charge in [0.25, 0.3) is 0 Å². The molecule has 4 heteroatoms. The number of hydrogen-bond donors (Lipinski definition) is 2. The van der Waals surface area contributed by atoms with Crippen LogP contribution in [0.1, 0.15) is 39.0 Å². The minimum atomic E-state index is 0.560. The molecule has 4 nitrogen and oxygen atoms in total. The third kappa shape index (κ3) is 2.84. The molecule has 0 spiro atoms. The quantitative estimate of drug-likeness (QED) is 0.836. The highest BCUT2D eigenvalue weighted by atomic mass is 16.5. The van der Waals surface area contributed by atoms with Crippen molar-refractivity contribution < 1.29 is 4.74 Å². The smallest absolute Gasteiger partial charge is 0.239 e. The molecule has 0 aliphatic heterocycles. The van der Waals surface area contributed by atoms with Crippen molar-refractivity contribution in [1.82, 2.24) is 4.98 Å². The number of nitrogen functional groups attached to an aromatic ring is 1. The van der Waals surface area contributed by atoms with E-state index in [1.54, 1.807) is 0 Å². The largest absolute Gasteiger partial charge is 0.476 e. The number of ether oxygens (including phenoxy) is 1. The summed E-state index contributed by atoms with van der Waals surface area (Å²) in [5, 5.41) is 3.47. The van der Waals surface area contributed by atoms with Crippen molar-refractivity contribution in [2.75, 3.05) is 24.2 Å².